The summed E-state index contributed by atoms with van der Waals surface area (Å²) in [7, 11) is 1.93. The summed E-state index contributed by atoms with van der Waals surface area (Å²) in [5, 5.41) is 4.22. The molecule has 1 saturated carbocycles. The van der Waals surface area contributed by atoms with Gasteiger partial charge in [-0.2, -0.15) is 5.10 Å². The molecule has 1 amide bonds. The number of carbonyl (C=O) groups is 1. The van der Waals surface area contributed by atoms with Crippen LogP contribution in [0.4, 0.5) is 0 Å². The van der Waals surface area contributed by atoms with Gasteiger partial charge in [0.1, 0.15) is 0 Å². The van der Waals surface area contributed by atoms with Crippen LogP contribution in [-0.4, -0.2) is 58.2 Å². The normalized spacial score (nSPS) is 23.6. The predicted molar refractivity (Wildman–Crippen MR) is 97.2 cm³/mol. The molecule has 1 saturated heterocycles. The fourth-order valence-electron chi connectivity index (χ4n) is 3.83. The fourth-order valence-corrected chi connectivity index (χ4v) is 3.83. The zero-order valence-corrected chi connectivity index (χ0v) is 14.8. The summed E-state index contributed by atoms with van der Waals surface area (Å²) in [6.45, 7) is 4.78. The molecule has 5 heteroatoms. The first-order valence-corrected chi connectivity index (χ1v) is 9.24. The molecule has 0 radical (unpaired) electrons. The molecule has 2 aliphatic rings. The third kappa shape index (κ3) is 3.76. The van der Waals surface area contributed by atoms with Gasteiger partial charge in [0.2, 0.25) is 5.91 Å². The average Bonchev–Trinajstić information content (AvgIpc) is 3.34. The monoisotopic (exact) mass is 338 g/mol. The highest BCUT2D eigenvalue weighted by Gasteiger charge is 2.46. The molecular formula is C20H26N4O. The first kappa shape index (κ1) is 16.3. The summed E-state index contributed by atoms with van der Waals surface area (Å²) < 4.78 is 1.82. The second-order valence-electron chi connectivity index (χ2n) is 7.30. The molecule has 5 nitrogen and oxygen atoms in total. The Balaban J connectivity index is 1.23. The maximum atomic E-state index is 12.7. The minimum absolute atomic E-state index is 0.181. The molecule has 0 unspecified atom stereocenters. The SMILES string of the molecule is Cn1cc([C@@H]2C[C@@H]2C(=O)N2CCN(CCc3ccccc3)CC2)cn1. The van der Waals surface area contributed by atoms with Crippen LogP contribution in [0.15, 0.2) is 42.7 Å². The highest BCUT2D eigenvalue weighted by Crippen LogP contribution is 2.48. The summed E-state index contributed by atoms with van der Waals surface area (Å²) in [6, 6.07) is 10.6. The Morgan fingerprint density at radius 3 is 2.60 bits per heavy atom. The third-order valence-corrected chi connectivity index (χ3v) is 5.50. The average molecular weight is 338 g/mol. The van der Waals surface area contributed by atoms with E-state index < -0.39 is 0 Å². The van der Waals surface area contributed by atoms with Crippen LogP contribution in [0.2, 0.25) is 0 Å². The molecule has 4 rings (SSSR count). The molecule has 2 fully saturated rings. The van der Waals surface area contributed by atoms with E-state index in [1.807, 2.05) is 24.1 Å². The fraction of sp³-hybridized carbons (Fsp3) is 0.500. The molecule has 2 heterocycles. The molecule has 0 spiro atoms. The quantitative estimate of drug-likeness (QED) is 0.836. The smallest absolute Gasteiger partial charge is 0.226 e. The van der Waals surface area contributed by atoms with E-state index in [1.54, 1.807) is 0 Å². The van der Waals surface area contributed by atoms with Crippen molar-refractivity contribution in [2.24, 2.45) is 13.0 Å². The van der Waals surface area contributed by atoms with Gasteiger partial charge in [0.15, 0.2) is 0 Å². The number of hydrogen-bond donors (Lipinski definition) is 0. The second-order valence-corrected chi connectivity index (χ2v) is 7.30. The van der Waals surface area contributed by atoms with Crippen LogP contribution in [0.1, 0.15) is 23.5 Å². The van der Waals surface area contributed by atoms with Crippen LogP contribution in [0.5, 0.6) is 0 Å². The Bertz CT molecular complexity index is 718. The van der Waals surface area contributed by atoms with Crippen LogP contribution >= 0.6 is 0 Å². The maximum Gasteiger partial charge on any atom is 0.226 e. The standard InChI is InChI=1S/C20H26N4O/c1-22-15-17(14-21-22)18-13-19(18)20(25)24-11-9-23(10-12-24)8-7-16-5-3-2-4-6-16/h2-6,14-15,18-19H,7-13H2,1H3/t18-,19-/m0/s1. The predicted octanol–water partition coefficient (Wildman–Crippen LogP) is 1.91. The van der Waals surface area contributed by atoms with Gasteiger partial charge in [-0.05, 0) is 29.9 Å². The minimum atomic E-state index is 0.181. The lowest BCUT2D eigenvalue weighted by molar-refractivity contribution is -0.134. The summed E-state index contributed by atoms with van der Waals surface area (Å²) in [6.07, 6.45) is 6.01. The first-order valence-electron chi connectivity index (χ1n) is 9.24. The third-order valence-electron chi connectivity index (χ3n) is 5.50. The Morgan fingerprint density at radius 2 is 1.92 bits per heavy atom. The summed E-state index contributed by atoms with van der Waals surface area (Å²) in [4.78, 5) is 17.3. The number of aryl methyl sites for hydroxylation is 1. The molecule has 1 aromatic carbocycles. The van der Waals surface area contributed by atoms with Crippen LogP contribution in [0.25, 0.3) is 0 Å². The van der Waals surface area contributed by atoms with Gasteiger partial charge in [0.05, 0.1) is 6.20 Å². The highest BCUT2D eigenvalue weighted by atomic mass is 16.2. The van der Waals surface area contributed by atoms with Crippen molar-refractivity contribution >= 4 is 5.91 Å². The number of aromatic nitrogens is 2. The maximum absolute atomic E-state index is 12.7. The topological polar surface area (TPSA) is 41.4 Å². The number of piperazine rings is 1. The Hall–Kier alpha value is -2.14. The molecule has 1 aromatic heterocycles. The van der Waals surface area contributed by atoms with Gasteiger partial charge in [0.25, 0.3) is 0 Å². The van der Waals surface area contributed by atoms with E-state index >= 15 is 0 Å². The van der Waals surface area contributed by atoms with Gasteiger partial charge in [-0.1, -0.05) is 30.3 Å². The van der Waals surface area contributed by atoms with E-state index in [0.717, 1.165) is 45.6 Å². The molecule has 0 bridgehead atoms. The molecule has 25 heavy (non-hydrogen) atoms. The van der Waals surface area contributed by atoms with Crippen molar-refractivity contribution in [1.29, 1.82) is 0 Å². The van der Waals surface area contributed by atoms with Crippen LogP contribution in [0.3, 0.4) is 0 Å². The van der Waals surface area contributed by atoms with Gasteiger partial charge in [0, 0.05) is 51.9 Å². The number of benzene rings is 1. The van der Waals surface area contributed by atoms with Crippen LogP contribution in [-0.2, 0) is 18.3 Å². The molecule has 1 aliphatic carbocycles. The van der Waals surface area contributed by atoms with E-state index in [2.05, 4.69) is 45.2 Å². The van der Waals surface area contributed by atoms with Gasteiger partial charge >= 0.3 is 0 Å². The van der Waals surface area contributed by atoms with Gasteiger partial charge in [-0.15, -0.1) is 0 Å². The molecule has 1 aliphatic heterocycles. The lowest BCUT2D eigenvalue weighted by atomic mass is 10.1. The Morgan fingerprint density at radius 1 is 1.16 bits per heavy atom. The number of hydrogen-bond acceptors (Lipinski definition) is 3. The number of rotatable bonds is 5. The van der Waals surface area contributed by atoms with Crippen molar-refractivity contribution in [1.82, 2.24) is 19.6 Å². The Labute approximate surface area is 149 Å². The first-order chi connectivity index (χ1) is 12.2. The van der Waals surface area contributed by atoms with Crippen molar-refractivity contribution in [2.45, 2.75) is 18.8 Å². The van der Waals surface area contributed by atoms with E-state index in [-0.39, 0.29) is 5.92 Å². The van der Waals surface area contributed by atoms with Crippen molar-refractivity contribution in [2.75, 3.05) is 32.7 Å². The molecule has 0 N–H and O–H groups in total. The Kier molecular flexibility index (Phi) is 4.57. The summed E-state index contributed by atoms with van der Waals surface area (Å²) >= 11 is 0. The minimum Gasteiger partial charge on any atom is -0.340 e. The largest absolute Gasteiger partial charge is 0.340 e. The zero-order valence-electron chi connectivity index (χ0n) is 14.8. The van der Waals surface area contributed by atoms with E-state index in [9.17, 15) is 4.79 Å². The lowest BCUT2D eigenvalue weighted by Gasteiger charge is -2.35. The van der Waals surface area contributed by atoms with Gasteiger partial charge in [-0.3, -0.25) is 14.4 Å². The van der Waals surface area contributed by atoms with E-state index in [4.69, 9.17) is 0 Å². The van der Waals surface area contributed by atoms with Crippen LogP contribution < -0.4 is 0 Å². The van der Waals surface area contributed by atoms with E-state index in [0.29, 0.717) is 11.8 Å². The van der Waals surface area contributed by atoms with Crippen molar-refractivity contribution in [3.63, 3.8) is 0 Å². The number of carbonyl (C=O) groups excluding carboxylic acids is 1. The molecule has 2 aromatic rings. The van der Waals surface area contributed by atoms with Gasteiger partial charge < -0.3 is 4.90 Å². The number of amides is 1. The van der Waals surface area contributed by atoms with Gasteiger partial charge in [-0.25, -0.2) is 0 Å². The lowest BCUT2D eigenvalue weighted by Crippen LogP contribution is -2.49. The highest BCUT2D eigenvalue weighted by molar-refractivity contribution is 5.83. The van der Waals surface area contributed by atoms with Crippen LogP contribution in [0, 0.1) is 5.92 Å². The summed E-state index contributed by atoms with van der Waals surface area (Å²) in [5.74, 6) is 0.911. The zero-order chi connectivity index (χ0) is 17.2. The molecular weight excluding hydrogens is 312 g/mol. The summed E-state index contributed by atoms with van der Waals surface area (Å²) in [5.41, 5.74) is 2.60. The molecule has 132 valence electrons. The van der Waals surface area contributed by atoms with E-state index in [1.165, 1.54) is 11.1 Å². The van der Waals surface area contributed by atoms with Crippen molar-refractivity contribution in [3.05, 3.63) is 53.9 Å². The molecule has 2 atom stereocenters. The number of nitrogens with zero attached hydrogens (tertiary/aromatic N) is 4. The second kappa shape index (κ2) is 7.00. The van der Waals surface area contributed by atoms with Crippen molar-refractivity contribution in [3.8, 4) is 0 Å². The van der Waals surface area contributed by atoms with Crippen molar-refractivity contribution < 1.29 is 4.79 Å².